The Labute approximate surface area is 104 Å². The van der Waals surface area contributed by atoms with Gasteiger partial charge in [-0.15, -0.1) is 0 Å². The van der Waals surface area contributed by atoms with E-state index in [1.54, 1.807) is 11.1 Å². The molecule has 2 heterocycles. The van der Waals surface area contributed by atoms with Gasteiger partial charge in [0.2, 0.25) is 0 Å². The smallest absolute Gasteiger partial charge is 0.410 e. The summed E-state index contributed by atoms with van der Waals surface area (Å²) in [5.74, 6) is 0. The molecular weight excluding hydrogens is 230 g/mol. The fraction of sp³-hybridized carbons (Fsp3) is 0.231. The number of amides is 1. The van der Waals surface area contributed by atoms with E-state index in [1.807, 2.05) is 24.3 Å². The Balaban J connectivity index is 2.02. The lowest BCUT2D eigenvalue weighted by atomic mass is 10.1. The summed E-state index contributed by atoms with van der Waals surface area (Å²) in [6.07, 6.45) is 1.46. The molecule has 1 aromatic heterocycles. The van der Waals surface area contributed by atoms with Gasteiger partial charge < -0.3 is 15.4 Å². The van der Waals surface area contributed by atoms with Crippen LogP contribution in [0.2, 0.25) is 0 Å². The monoisotopic (exact) mass is 243 g/mol. The molecule has 5 nitrogen and oxygen atoms in total. The average Bonchev–Trinajstić information content (AvgIpc) is 2.79. The zero-order valence-corrected chi connectivity index (χ0v) is 9.80. The van der Waals surface area contributed by atoms with Crippen LogP contribution in [0.3, 0.4) is 0 Å². The van der Waals surface area contributed by atoms with E-state index in [1.165, 1.54) is 0 Å². The molecule has 1 aromatic carbocycles. The van der Waals surface area contributed by atoms with E-state index in [-0.39, 0.29) is 6.09 Å². The molecule has 0 spiro atoms. The molecule has 1 amide bonds. The number of carbonyl (C=O) groups is 1. The largest absolute Gasteiger partial charge is 0.448 e. The molecular formula is C13H13N3O2. The van der Waals surface area contributed by atoms with E-state index in [4.69, 9.17) is 10.5 Å². The fourth-order valence-electron chi connectivity index (χ4n) is 2.16. The highest BCUT2D eigenvalue weighted by atomic mass is 16.6. The van der Waals surface area contributed by atoms with E-state index in [0.29, 0.717) is 25.4 Å². The fourth-order valence-corrected chi connectivity index (χ4v) is 2.16. The third-order valence-corrected chi connectivity index (χ3v) is 3.09. The van der Waals surface area contributed by atoms with Crippen LogP contribution >= 0.6 is 0 Å². The number of nitrogens with zero attached hydrogens (tertiary/aromatic N) is 2. The number of anilines is 1. The predicted octanol–water partition coefficient (Wildman–Crippen LogP) is 1.77. The van der Waals surface area contributed by atoms with E-state index in [9.17, 15) is 4.79 Å². The summed E-state index contributed by atoms with van der Waals surface area (Å²) >= 11 is 0. The van der Waals surface area contributed by atoms with Crippen molar-refractivity contribution in [3.8, 4) is 0 Å². The van der Waals surface area contributed by atoms with Crippen molar-refractivity contribution in [3.63, 3.8) is 0 Å². The summed E-state index contributed by atoms with van der Waals surface area (Å²) in [5.41, 5.74) is 8.44. The van der Waals surface area contributed by atoms with Crippen molar-refractivity contribution in [1.82, 2.24) is 9.88 Å². The van der Waals surface area contributed by atoms with Gasteiger partial charge in [0.05, 0.1) is 18.6 Å². The molecule has 3 rings (SSSR count). The average molecular weight is 243 g/mol. The number of nitrogens with two attached hydrogens (primary N) is 1. The molecule has 1 saturated heterocycles. The highest BCUT2D eigenvalue weighted by molar-refractivity contribution is 5.92. The summed E-state index contributed by atoms with van der Waals surface area (Å²) in [6.45, 7) is 1.59. The second-order valence-corrected chi connectivity index (χ2v) is 4.25. The van der Waals surface area contributed by atoms with E-state index in [0.717, 1.165) is 16.5 Å². The number of ether oxygens (including phenoxy) is 1. The van der Waals surface area contributed by atoms with Gasteiger partial charge in [0.1, 0.15) is 6.61 Å². The van der Waals surface area contributed by atoms with Gasteiger partial charge in [-0.2, -0.15) is 0 Å². The number of aromatic nitrogens is 1. The van der Waals surface area contributed by atoms with Crippen molar-refractivity contribution in [2.45, 2.75) is 6.54 Å². The standard InChI is InChI=1S/C13H13N3O2/c14-11-4-3-9(8-16-6-7-18-13(16)17)12-10(11)2-1-5-15-12/h1-5H,6-8,14H2. The number of fused-ring (bicyclic) bond motifs is 1. The van der Waals surface area contributed by atoms with Crippen LogP contribution in [-0.2, 0) is 11.3 Å². The Morgan fingerprint density at radius 3 is 3.06 bits per heavy atom. The first-order valence-corrected chi connectivity index (χ1v) is 5.79. The van der Waals surface area contributed by atoms with Gasteiger partial charge >= 0.3 is 6.09 Å². The summed E-state index contributed by atoms with van der Waals surface area (Å²) in [6, 6.07) is 7.55. The maximum atomic E-state index is 11.4. The van der Waals surface area contributed by atoms with E-state index < -0.39 is 0 Å². The number of carbonyl (C=O) groups excluding carboxylic acids is 1. The number of cyclic esters (lactones) is 1. The Morgan fingerprint density at radius 2 is 2.28 bits per heavy atom. The maximum Gasteiger partial charge on any atom is 0.410 e. The van der Waals surface area contributed by atoms with Crippen LogP contribution in [0.1, 0.15) is 5.56 Å². The number of rotatable bonds is 2. The SMILES string of the molecule is Nc1ccc(CN2CCOC2=O)c2ncccc12. The molecule has 1 aliphatic heterocycles. The molecule has 0 unspecified atom stereocenters. The van der Waals surface area contributed by atoms with Crippen molar-refractivity contribution >= 4 is 22.7 Å². The van der Waals surface area contributed by atoms with Gasteiger partial charge in [-0.05, 0) is 23.8 Å². The number of hydrogen-bond acceptors (Lipinski definition) is 4. The van der Waals surface area contributed by atoms with Crippen molar-refractivity contribution in [2.75, 3.05) is 18.9 Å². The number of pyridine rings is 1. The number of nitrogen functional groups attached to an aromatic ring is 1. The van der Waals surface area contributed by atoms with Gasteiger partial charge in [-0.1, -0.05) is 6.07 Å². The van der Waals surface area contributed by atoms with Gasteiger partial charge in [-0.3, -0.25) is 4.98 Å². The van der Waals surface area contributed by atoms with Crippen LogP contribution in [0.25, 0.3) is 10.9 Å². The number of benzene rings is 1. The minimum Gasteiger partial charge on any atom is -0.448 e. The Morgan fingerprint density at radius 1 is 1.39 bits per heavy atom. The molecule has 18 heavy (non-hydrogen) atoms. The summed E-state index contributed by atoms with van der Waals surface area (Å²) in [4.78, 5) is 17.5. The van der Waals surface area contributed by atoms with Crippen LogP contribution in [0.5, 0.6) is 0 Å². The molecule has 5 heteroatoms. The van der Waals surface area contributed by atoms with Crippen LogP contribution in [0.15, 0.2) is 30.5 Å². The van der Waals surface area contributed by atoms with Gasteiger partial charge in [0.25, 0.3) is 0 Å². The minimum absolute atomic E-state index is 0.268. The molecule has 2 N–H and O–H groups in total. The first kappa shape index (κ1) is 10.8. The molecule has 0 saturated carbocycles. The van der Waals surface area contributed by atoms with Gasteiger partial charge in [0, 0.05) is 17.3 Å². The molecule has 0 aliphatic carbocycles. The van der Waals surface area contributed by atoms with Crippen LogP contribution in [-0.4, -0.2) is 29.1 Å². The van der Waals surface area contributed by atoms with Gasteiger partial charge in [0.15, 0.2) is 0 Å². The molecule has 92 valence electrons. The first-order chi connectivity index (χ1) is 8.75. The highest BCUT2D eigenvalue weighted by Crippen LogP contribution is 2.24. The van der Waals surface area contributed by atoms with Gasteiger partial charge in [-0.25, -0.2) is 4.79 Å². The zero-order valence-electron chi connectivity index (χ0n) is 9.80. The molecule has 0 atom stereocenters. The lowest BCUT2D eigenvalue weighted by molar-refractivity contribution is 0.157. The lowest BCUT2D eigenvalue weighted by Gasteiger charge is -2.14. The second kappa shape index (κ2) is 4.18. The molecule has 1 fully saturated rings. The van der Waals surface area contributed by atoms with Crippen molar-refractivity contribution in [1.29, 1.82) is 0 Å². The summed E-state index contributed by atoms with van der Waals surface area (Å²) in [7, 11) is 0. The second-order valence-electron chi connectivity index (χ2n) is 4.25. The topological polar surface area (TPSA) is 68.4 Å². The summed E-state index contributed by atoms with van der Waals surface area (Å²) in [5, 5.41) is 0.919. The van der Waals surface area contributed by atoms with E-state index in [2.05, 4.69) is 4.98 Å². The Kier molecular flexibility index (Phi) is 2.51. The van der Waals surface area contributed by atoms with Crippen LogP contribution in [0, 0.1) is 0 Å². The normalized spacial score (nSPS) is 15.1. The third-order valence-electron chi connectivity index (χ3n) is 3.09. The predicted molar refractivity (Wildman–Crippen MR) is 67.9 cm³/mol. The number of hydrogen-bond donors (Lipinski definition) is 1. The highest BCUT2D eigenvalue weighted by Gasteiger charge is 2.22. The van der Waals surface area contributed by atoms with E-state index >= 15 is 0 Å². The third kappa shape index (κ3) is 1.73. The van der Waals surface area contributed by atoms with Crippen molar-refractivity contribution in [3.05, 3.63) is 36.0 Å². The maximum absolute atomic E-state index is 11.4. The first-order valence-electron chi connectivity index (χ1n) is 5.79. The zero-order chi connectivity index (χ0) is 12.5. The van der Waals surface area contributed by atoms with Crippen molar-refractivity contribution < 1.29 is 9.53 Å². The van der Waals surface area contributed by atoms with Crippen molar-refractivity contribution in [2.24, 2.45) is 0 Å². The molecule has 0 radical (unpaired) electrons. The Bertz CT molecular complexity index is 612. The molecule has 2 aromatic rings. The van der Waals surface area contributed by atoms with Crippen LogP contribution < -0.4 is 5.73 Å². The lowest BCUT2D eigenvalue weighted by Crippen LogP contribution is -2.23. The summed E-state index contributed by atoms with van der Waals surface area (Å²) < 4.78 is 4.92. The minimum atomic E-state index is -0.268. The van der Waals surface area contributed by atoms with Crippen LogP contribution in [0.4, 0.5) is 10.5 Å². The molecule has 0 bridgehead atoms. The Hall–Kier alpha value is -2.30. The quantitative estimate of drug-likeness (QED) is 0.816. The molecule has 1 aliphatic rings.